The molecule has 0 aromatic carbocycles. The number of rotatable bonds is 1. The van der Waals surface area contributed by atoms with Crippen LogP contribution < -0.4 is 10.7 Å². The lowest BCUT2D eigenvalue weighted by molar-refractivity contribution is -0.576. The largest absolute Gasteiger partial charge is 0.344 e. The predicted molar refractivity (Wildman–Crippen MR) is 52.0 cm³/mol. The standard InChI is InChI=1S/C10H14N.H3N/c1-9(2)8-11-7-5-4-6-10(11)3;/h4-8H,1-3H3;1H3/q+1;. The van der Waals surface area contributed by atoms with Crippen LogP contribution in [0.4, 0.5) is 0 Å². The van der Waals surface area contributed by atoms with Crippen LogP contribution in [0.3, 0.4) is 0 Å². The number of aromatic nitrogens is 1. The van der Waals surface area contributed by atoms with Crippen molar-refractivity contribution in [1.82, 2.24) is 6.15 Å². The van der Waals surface area contributed by atoms with Crippen LogP contribution in [-0.2, 0) is 0 Å². The lowest BCUT2D eigenvalue weighted by atomic mass is 10.3. The average Bonchev–Trinajstić information content (AvgIpc) is 1.93. The maximum absolute atomic E-state index is 2.12. The van der Waals surface area contributed by atoms with E-state index in [0.29, 0.717) is 0 Å². The summed E-state index contributed by atoms with van der Waals surface area (Å²) in [5.41, 5.74) is 2.57. The second kappa shape index (κ2) is 4.67. The molecule has 12 heavy (non-hydrogen) atoms. The molecule has 2 heteroatoms. The molecule has 0 radical (unpaired) electrons. The molecule has 3 N–H and O–H groups in total. The van der Waals surface area contributed by atoms with Gasteiger partial charge in [0.1, 0.15) is 0 Å². The lowest BCUT2D eigenvalue weighted by Crippen LogP contribution is -2.29. The fourth-order valence-electron chi connectivity index (χ4n) is 0.964. The summed E-state index contributed by atoms with van der Waals surface area (Å²) in [6.07, 6.45) is 4.18. The summed E-state index contributed by atoms with van der Waals surface area (Å²) in [6, 6.07) is 6.18. The second-order valence-corrected chi connectivity index (χ2v) is 2.96. The number of pyridine rings is 1. The third-order valence-corrected chi connectivity index (χ3v) is 1.50. The summed E-state index contributed by atoms with van der Waals surface area (Å²) in [6.45, 7) is 6.29. The zero-order valence-corrected chi connectivity index (χ0v) is 8.04. The first-order valence-electron chi connectivity index (χ1n) is 3.82. The first-order valence-corrected chi connectivity index (χ1v) is 3.82. The summed E-state index contributed by atoms with van der Waals surface area (Å²) in [4.78, 5) is 0. The molecule has 1 rings (SSSR count). The number of allylic oxidation sites excluding steroid dienone is 1. The highest BCUT2D eigenvalue weighted by atomic mass is 14.9. The van der Waals surface area contributed by atoms with E-state index in [9.17, 15) is 0 Å². The Morgan fingerprint density at radius 1 is 1.33 bits per heavy atom. The van der Waals surface area contributed by atoms with E-state index in [0.717, 1.165) is 0 Å². The minimum absolute atomic E-state index is 0. The number of aryl methyl sites for hydroxylation is 1. The topological polar surface area (TPSA) is 38.9 Å². The van der Waals surface area contributed by atoms with Crippen molar-refractivity contribution in [3.8, 4) is 0 Å². The van der Waals surface area contributed by atoms with Crippen LogP contribution in [0.5, 0.6) is 0 Å². The van der Waals surface area contributed by atoms with Gasteiger partial charge in [-0.1, -0.05) is 6.07 Å². The monoisotopic (exact) mass is 165 g/mol. The number of hydrogen-bond acceptors (Lipinski definition) is 1. The van der Waals surface area contributed by atoms with Gasteiger partial charge in [0, 0.05) is 19.1 Å². The van der Waals surface area contributed by atoms with E-state index in [1.807, 2.05) is 12.1 Å². The number of hydrogen-bond donors (Lipinski definition) is 1. The van der Waals surface area contributed by atoms with E-state index in [1.165, 1.54) is 11.3 Å². The second-order valence-electron chi connectivity index (χ2n) is 2.96. The molecular weight excluding hydrogens is 148 g/mol. The Kier molecular flexibility index (Phi) is 4.22. The van der Waals surface area contributed by atoms with Crippen LogP contribution in [0, 0.1) is 6.92 Å². The van der Waals surface area contributed by atoms with Gasteiger partial charge in [0.2, 0.25) is 0 Å². The molecule has 0 atom stereocenters. The molecule has 0 saturated carbocycles. The normalized spacial score (nSPS) is 8.58. The smallest absolute Gasteiger partial charge is 0.183 e. The van der Waals surface area contributed by atoms with Crippen LogP contribution in [0.1, 0.15) is 19.5 Å². The third kappa shape index (κ3) is 2.84. The molecule has 1 aromatic heterocycles. The first kappa shape index (κ1) is 10.8. The third-order valence-electron chi connectivity index (χ3n) is 1.50. The molecule has 0 unspecified atom stereocenters. The van der Waals surface area contributed by atoms with E-state index < -0.39 is 0 Å². The lowest BCUT2D eigenvalue weighted by Gasteiger charge is -1.91. The Balaban J connectivity index is 0.00000121. The summed E-state index contributed by atoms with van der Waals surface area (Å²) in [7, 11) is 0. The van der Waals surface area contributed by atoms with Crippen molar-refractivity contribution < 1.29 is 4.57 Å². The van der Waals surface area contributed by atoms with Crippen LogP contribution in [-0.4, -0.2) is 0 Å². The van der Waals surface area contributed by atoms with Crippen molar-refractivity contribution in [2.45, 2.75) is 20.8 Å². The van der Waals surface area contributed by atoms with Crippen LogP contribution in [0.25, 0.3) is 6.20 Å². The van der Waals surface area contributed by atoms with Crippen LogP contribution in [0.2, 0.25) is 0 Å². The van der Waals surface area contributed by atoms with Gasteiger partial charge in [0.15, 0.2) is 18.1 Å². The predicted octanol–water partition coefficient (Wildman–Crippen LogP) is 2.33. The molecule has 1 aromatic rings. The van der Waals surface area contributed by atoms with Gasteiger partial charge >= 0.3 is 0 Å². The Morgan fingerprint density at radius 2 is 2.00 bits per heavy atom. The zero-order chi connectivity index (χ0) is 8.27. The van der Waals surface area contributed by atoms with Crippen molar-refractivity contribution in [3.05, 3.63) is 35.7 Å². The van der Waals surface area contributed by atoms with Crippen molar-refractivity contribution in [3.63, 3.8) is 0 Å². The Morgan fingerprint density at radius 3 is 2.50 bits per heavy atom. The van der Waals surface area contributed by atoms with Crippen molar-refractivity contribution >= 4 is 6.20 Å². The molecule has 0 aliphatic heterocycles. The highest BCUT2D eigenvalue weighted by molar-refractivity contribution is 5.16. The van der Waals surface area contributed by atoms with E-state index >= 15 is 0 Å². The van der Waals surface area contributed by atoms with Gasteiger partial charge in [-0.15, -0.1) is 0 Å². The van der Waals surface area contributed by atoms with E-state index in [4.69, 9.17) is 0 Å². The van der Waals surface area contributed by atoms with Gasteiger partial charge in [-0.3, -0.25) is 0 Å². The number of nitrogens with zero attached hydrogens (tertiary/aromatic N) is 1. The van der Waals surface area contributed by atoms with Gasteiger partial charge in [-0.2, -0.15) is 4.57 Å². The van der Waals surface area contributed by atoms with E-state index in [2.05, 4.69) is 43.8 Å². The minimum atomic E-state index is 0. The quantitative estimate of drug-likeness (QED) is 0.637. The van der Waals surface area contributed by atoms with Crippen molar-refractivity contribution in [2.24, 2.45) is 0 Å². The van der Waals surface area contributed by atoms with Crippen molar-refractivity contribution in [2.75, 3.05) is 0 Å². The van der Waals surface area contributed by atoms with Crippen LogP contribution in [0.15, 0.2) is 30.0 Å². The maximum atomic E-state index is 2.12. The molecule has 0 bridgehead atoms. The van der Waals surface area contributed by atoms with Gasteiger partial charge in [0.25, 0.3) is 0 Å². The molecule has 0 aliphatic carbocycles. The summed E-state index contributed by atoms with van der Waals surface area (Å²) in [5, 5.41) is 0. The molecule has 0 aliphatic rings. The SMILES string of the molecule is CC(C)=C[n+]1ccccc1C.N. The minimum Gasteiger partial charge on any atom is -0.344 e. The first-order chi connectivity index (χ1) is 5.20. The molecule has 1 heterocycles. The molecule has 2 nitrogen and oxygen atoms in total. The average molecular weight is 165 g/mol. The van der Waals surface area contributed by atoms with Crippen LogP contribution >= 0.6 is 0 Å². The van der Waals surface area contributed by atoms with E-state index in [1.54, 1.807) is 0 Å². The maximum Gasteiger partial charge on any atom is 0.183 e. The van der Waals surface area contributed by atoms with Gasteiger partial charge in [-0.05, 0) is 19.4 Å². The van der Waals surface area contributed by atoms with Crippen molar-refractivity contribution in [1.29, 1.82) is 0 Å². The highest BCUT2D eigenvalue weighted by Crippen LogP contribution is 1.91. The zero-order valence-electron chi connectivity index (χ0n) is 8.04. The van der Waals surface area contributed by atoms with Gasteiger partial charge in [-0.25, -0.2) is 0 Å². The summed E-state index contributed by atoms with van der Waals surface area (Å²) < 4.78 is 2.12. The fourth-order valence-corrected chi connectivity index (χ4v) is 0.964. The summed E-state index contributed by atoms with van der Waals surface area (Å²) >= 11 is 0. The Bertz CT molecular complexity index is 273. The highest BCUT2D eigenvalue weighted by Gasteiger charge is 1.98. The van der Waals surface area contributed by atoms with E-state index in [-0.39, 0.29) is 6.15 Å². The molecule has 66 valence electrons. The van der Waals surface area contributed by atoms with Gasteiger partial charge in [0.05, 0.1) is 0 Å². The molecular formula is C10H17N2+. The fraction of sp³-hybridized carbons (Fsp3) is 0.300. The molecule has 0 spiro atoms. The summed E-state index contributed by atoms with van der Waals surface area (Å²) in [5.74, 6) is 0. The molecule has 0 saturated heterocycles. The Labute approximate surface area is 74.1 Å². The molecule has 0 amide bonds. The Hall–Kier alpha value is -1.15. The van der Waals surface area contributed by atoms with Gasteiger partial charge < -0.3 is 6.15 Å². The molecule has 0 fully saturated rings.